The minimum Gasteiger partial charge on any atom is -0.507 e. The molecule has 3 aromatic rings. The van der Waals surface area contributed by atoms with Crippen LogP contribution >= 0.6 is 0 Å². The first-order valence-electron chi connectivity index (χ1n) is 8.97. The number of ether oxygens (including phenoxy) is 1. The average Bonchev–Trinajstić information content (AvgIpc) is 2.66. The second-order valence-corrected chi connectivity index (χ2v) is 8.49. The van der Waals surface area contributed by atoms with E-state index in [0.29, 0.717) is 11.1 Å². The summed E-state index contributed by atoms with van der Waals surface area (Å²) < 4.78 is 34.0. The number of carboxylic acids is 1. The predicted molar refractivity (Wildman–Crippen MR) is 114 cm³/mol. The number of carboxylic acid groups (broad SMARTS) is 1. The highest BCUT2D eigenvalue weighted by Crippen LogP contribution is 2.35. The zero-order valence-corrected chi connectivity index (χ0v) is 17.4. The van der Waals surface area contributed by atoms with E-state index < -0.39 is 21.7 Å². The quantitative estimate of drug-likeness (QED) is 0.544. The van der Waals surface area contributed by atoms with Crippen LogP contribution in [0.25, 0.3) is 11.1 Å². The molecule has 0 atom stereocenters. The Morgan fingerprint density at radius 1 is 1.00 bits per heavy atom. The van der Waals surface area contributed by atoms with Crippen LogP contribution in [0.15, 0.2) is 59.5 Å². The lowest BCUT2D eigenvalue weighted by Crippen LogP contribution is -2.15. The second-order valence-electron chi connectivity index (χ2n) is 6.84. The van der Waals surface area contributed by atoms with Crippen molar-refractivity contribution in [1.29, 1.82) is 0 Å². The molecule has 3 N–H and O–H groups in total. The Labute approximate surface area is 174 Å². The van der Waals surface area contributed by atoms with Gasteiger partial charge in [-0.25, -0.2) is 13.2 Å². The van der Waals surface area contributed by atoms with Crippen molar-refractivity contribution in [3.8, 4) is 22.6 Å². The second kappa shape index (κ2) is 8.08. The standard InChI is InChI=1S/C22H21NO6S/c1-13-5-4-6-15(9-13)16-10-14(2)21(29-3)20(11-16)30(27,28)23-17-7-8-18(22(25)26)19(24)12-17/h4-12,23-24H,1-3H3,(H,25,26). The fourth-order valence-electron chi connectivity index (χ4n) is 3.18. The Morgan fingerprint density at radius 3 is 2.33 bits per heavy atom. The van der Waals surface area contributed by atoms with Gasteiger partial charge in [-0.05, 0) is 54.8 Å². The van der Waals surface area contributed by atoms with Gasteiger partial charge in [-0.2, -0.15) is 0 Å². The molecule has 0 aliphatic heterocycles. The Bertz CT molecular complexity index is 1230. The molecule has 156 valence electrons. The van der Waals surface area contributed by atoms with Gasteiger partial charge in [0, 0.05) is 6.07 Å². The number of rotatable bonds is 6. The molecule has 0 heterocycles. The number of aromatic hydroxyl groups is 1. The van der Waals surface area contributed by atoms with Crippen LogP contribution in [0.5, 0.6) is 11.5 Å². The largest absolute Gasteiger partial charge is 0.507 e. The topological polar surface area (TPSA) is 113 Å². The summed E-state index contributed by atoms with van der Waals surface area (Å²) >= 11 is 0. The molecule has 0 aliphatic rings. The smallest absolute Gasteiger partial charge is 0.339 e. The van der Waals surface area contributed by atoms with Gasteiger partial charge in [0.25, 0.3) is 10.0 Å². The van der Waals surface area contributed by atoms with Gasteiger partial charge in [-0.15, -0.1) is 0 Å². The van der Waals surface area contributed by atoms with E-state index in [9.17, 15) is 18.3 Å². The molecule has 0 aliphatic carbocycles. The van der Waals surface area contributed by atoms with Gasteiger partial charge in [0.15, 0.2) is 0 Å². The van der Waals surface area contributed by atoms with E-state index in [1.807, 2.05) is 37.3 Å². The van der Waals surface area contributed by atoms with Crippen LogP contribution in [-0.4, -0.2) is 31.7 Å². The van der Waals surface area contributed by atoms with E-state index in [2.05, 4.69) is 4.72 Å². The number of nitrogens with one attached hydrogen (secondary N) is 1. The molecule has 0 aromatic heterocycles. The van der Waals surface area contributed by atoms with Gasteiger partial charge in [-0.1, -0.05) is 29.8 Å². The fourth-order valence-corrected chi connectivity index (χ4v) is 4.50. The number of hydrogen-bond acceptors (Lipinski definition) is 5. The third kappa shape index (κ3) is 4.23. The maximum absolute atomic E-state index is 13.1. The van der Waals surface area contributed by atoms with Crippen molar-refractivity contribution in [1.82, 2.24) is 0 Å². The molecule has 0 bridgehead atoms. The average molecular weight is 427 g/mol. The molecular formula is C22H21NO6S. The summed E-state index contributed by atoms with van der Waals surface area (Å²) in [6.07, 6.45) is 0. The van der Waals surface area contributed by atoms with E-state index in [-0.39, 0.29) is 21.9 Å². The lowest BCUT2D eigenvalue weighted by molar-refractivity contribution is 0.0693. The predicted octanol–water partition coefficient (Wildman–Crippen LogP) is 4.18. The number of aryl methyl sites for hydroxylation is 2. The summed E-state index contributed by atoms with van der Waals surface area (Å²) in [6.45, 7) is 3.71. The van der Waals surface area contributed by atoms with Crippen molar-refractivity contribution in [2.45, 2.75) is 18.7 Å². The number of phenols is 1. The van der Waals surface area contributed by atoms with Gasteiger partial charge in [0.1, 0.15) is 22.0 Å². The highest BCUT2D eigenvalue weighted by atomic mass is 32.2. The Morgan fingerprint density at radius 2 is 1.73 bits per heavy atom. The fraction of sp³-hybridized carbons (Fsp3) is 0.136. The lowest BCUT2D eigenvalue weighted by Gasteiger charge is -2.16. The summed E-state index contributed by atoms with van der Waals surface area (Å²) in [7, 11) is -2.71. The van der Waals surface area contributed by atoms with Crippen molar-refractivity contribution in [3.05, 3.63) is 71.3 Å². The van der Waals surface area contributed by atoms with Crippen LogP contribution in [0.4, 0.5) is 5.69 Å². The normalized spacial score (nSPS) is 11.2. The monoisotopic (exact) mass is 427 g/mol. The van der Waals surface area contributed by atoms with Crippen molar-refractivity contribution in [3.63, 3.8) is 0 Å². The summed E-state index contributed by atoms with van der Waals surface area (Å²) in [5, 5.41) is 18.9. The number of anilines is 1. The molecule has 0 amide bonds. The molecule has 3 aromatic carbocycles. The van der Waals surface area contributed by atoms with Gasteiger partial charge in [0.05, 0.1) is 12.8 Å². The maximum Gasteiger partial charge on any atom is 0.339 e. The summed E-state index contributed by atoms with van der Waals surface area (Å²) in [5.41, 5.74) is 2.95. The first-order chi connectivity index (χ1) is 14.1. The van der Waals surface area contributed by atoms with Gasteiger partial charge >= 0.3 is 5.97 Å². The van der Waals surface area contributed by atoms with Crippen LogP contribution in [0.2, 0.25) is 0 Å². The molecule has 0 unspecified atom stereocenters. The molecule has 3 rings (SSSR count). The maximum atomic E-state index is 13.1. The number of hydrogen-bond donors (Lipinski definition) is 3. The third-order valence-corrected chi connectivity index (χ3v) is 5.95. The number of aromatic carboxylic acids is 1. The number of benzene rings is 3. The van der Waals surface area contributed by atoms with E-state index in [0.717, 1.165) is 23.3 Å². The molecule has 8 heteroatoms. The highest BCUT2D eigenvalue weighted by molar-refractivity contribution is 7.92. The Balaban J connectivity index is 2.08. The van der Waals surface area contributed by atoms with Crippen molar-refractivity contribution in [2.75, 3.05) is 11.8 Å². The van der Waals surface area contributed by atoms with E-state index >= 15 is 0 Å². The van der Waals surface area contributed by atoms with Crippen LogP contribution in [0.1, 0.15) is 21.5 Å². The molecule has 7 nitrogen and oxygen atoms in total. The van der Waals surface area contributed by atoms with E-state index in [4.69, 9.17) is 9.84 Å². The molecule has 30 heavy (non-hydrogen) atoms. The summed E-state index contributed by atoms with van der Waals surface area (Å²) in [6, 6.07) is 14.5. The van der Waals surface area contributed by atoms with Gasteiger partial charge < -0.3 is 14.9 Å². The zero-order chi connectivity index (χ0) is 22.1. The van der Waals surface area contributed by atoms with Crippen LogP contribution < -0.4 is 9.46 Å². The molecule has 0 saturated carbocycles. The van der Waals surface area contributed by atoms with Crippen LogP contribution in [0.3, 0.4) is 0 Å². The summed E-state index contributed by atoms with van der Waals surface area (Å²) in [5.74, 6) is -1.66. The molecule has 0 spiro atoms. The SMILES string of the molecule is COc1c(C)cc(-c2cccc(C)c2)cc1S(=O)(=O)Nc1ccc(C(=O)O)c(O)c1. The zero-order valence-electron chi connectivity index (χ0n) is 16.6. The van der Waals surface area contributed by atoms with Crippen LogP contribution in [-0.2, 0) is 10.0 Å². The third-order valence-electron chi connectivity index (χ3n) is 4.57. The van der Waals surface area contributed by atoms with E-state index in [1.54, 1.807) is 6.92 Å². The molecular weight excluding hydrogens is 406 g/mol. The van der Waals surface area contributed by atoms with Crippen molar-refractivity contribution in [2.24, 2.45) is 0 Å². The first-order valence-corrected chi connectivity index (χ1v) is 10.5. The highest BCUT2D eigenvalue weighted by Gasteiger charge is 2.23. The molecule has 0 radical (unpaired) electrons. The molecule has 0 saturated heterocycles. The van der Waals surface area contributed by atoms with E-state index in [1.165, 1.54) is 19.2 Å². The first kappa shape index (κ1) is 21.2. The number of carbonyl (C=O) groups is 1. The van der Waals surface area contributed by atoms with Crippen LogP contribution in [0, 0.1) is 13.8 Å². The lowest BCUT2D eigenvalue weighted by atomic mass is 10.0. The Hall–Kier alpha value is -3.52. The van der Waals surface area contributed by atoms with Crippen molar-refractivity contribution >= 4 is 21.7 Å². The minimum absolute atomic E-state index is 0.0261. The number of methoxy groups -OCH3 is 1. The molecule has 0 fully saturated rings. The minimum atomic E-state index is -4.10. The van der Waals surface area contributed by atoms with Gasteiger partial charge in [0.2, 0.25) is 0 Å². The number of sulfonamides is 1. The summed E-state index contributed by atoms with van der Waals surface area (Å²) in [4.78, 5) is 11.0. The van der Waals surface area contributed by atoms with Crippen molar-refractivity contribution < 1.29 is 28.2 Å². The Kier molecular flexibility index (Phi) is 5.71. The van der Waals surface area contributed by atoms with Gasteiger partial charge in [-0.3, -0.25) is 4.72 Å².